The van der Waals surface area contributed by atoms with Gasteiger partial charge in [0.2, 0.25) is 17.8 Å². The molecule has 1 atom stereocenters. The Morgan fingerprint density at radius 1 is 1.29 bits per heavy atom. The van der Waals surface area contributed by atoms with E-state index in [1.807, 2.05) is 27.8 Å². The van der Waals surface area contributed by atoms with Crippen molar-refractivity contribution in [2.45, 2.75) is 33.2 Å². The zero-order chi connectivity index (χ0) is 18.0. The first kappa shape index (κ1) is 17.6. The number of likely N-dealkylation sites (N-methyl/N-ethyl adjacent to an activating group) is 1. The Hall–Kier alpha value is -2.71. The maximum atomic E-state index is 12.5. The highest BCUT2D eigenvalue weighted by molar-refractivity contribution is 5.94. The standard InChI is InChI=1S/C15H23N7O2/c1-9(13-10(2)18-21(6)11(13)3)14(24)17-15-16-8-22(19-15)7-12(23)20(4)5/h8-9H,7H2,1-6H3,(H,17,19,24). The fourth-order valence-electron chi connectivity index (χ4n) is 2.47. The van der Waals surface area contributed by atoms with Crippen molar-refractivity contribution < 1.29 is 9.59 Å². The van der Waals surface area contributed by atoms with Crippen molar-refractivity contribution in [2.24, 2.45) is 7.05 Å². The molecule has 2 amide bonds. The number of carbonyl (C=O) groups is 2. The second-order valence-electron chi connectivity index (χ2n) is 5.97. The van der Waals surface area contributed by atoms with E-state index in [-0.39, 0.29) is 30.2 Å². The molecule has 0 aliphatic heterocycles. The molecule has 2 aromatic rings. The number of amides is 2. The molecule has 0 saturated carbocycles. The lowest BCUT2D eigenvalue weighted by Gasteiger charge is -2.11. The predicted octanol–water partition coefficient (Wildman–Crippen LogP) is 0.459. The lowest BCUT2D eigenvalue weighted by molar-refractivity contribution is -0.129. The van der Waals surface area contributed by atoms with E-state index >= 15 is 0 Å². The molecule has 1 unspecified atom stereocenters. The Morgan fingerprint density at radius 2 is 1.96 bits per heavy atom. The van der Waals surface area contributed by atoms with Crippen molar-refractivity contribution in [3.05, 3.63) is 23.3 Å². The third-order valence-electron chi connectivity index (χ3n) is 3.96. The molecule has 0 saturated heterocycles. The third-order valence-corrected chi connectivity index (χ3v) is 3.96. The van der Waals surface area contributed by atoms with Crippen LogP contribution in [0.15, 0.2) is 6.33 Å². The molecular formula is C15H23N7O2. The van der Waals surface area contributed by atoms with Gasteiger partial charge in [0.05, 0.1) is 11.6 Å². The quantitative estimate of drug-likeness (QED) is 0.857. The highest BCUT2D eigenvalue weighted by Crippen LogP contribution is 2.23. The second kappa shape index (κ2) is 6.81. The molecule has 0 spiro atoms. The number of aryl methyl sites for hydroxylation is 2. The van der Waals surface area contributed by atoms with E-state index in [1.165, 1.54) is 15.9 Å². The number of rotatable bonds is 5. The Labute approximate surface area is 140 Å². The molecule has 9 nitrogen and oxygen atoms in total. The molecule has 2 rings (SSSR count). The molecular weight excluding hydrogens is 310 g/mol. The molecule has 130 valence electrons. The van der Waals surface area contributed by atoms with Gasteiger partial charge in [-0.2, -0.15) is 5.10 Å². The van der Waals surface area contributed by atoms with Crippen molar-refractivity contribution in [1.29, 1.82) is 0 Å². The fraction of sp³-hybridized carbons (Fsp3) is 0.533. The van der Waals surface area contributed by atoms with Gasteiger partial charge in [-0.25, -0.2) is 9.67 Å². The molecule has 0 aliphatic rings. The number of anilines is 1. The summed E-state index contributed by atoms with van der Waals surface area (Å²) in [4.78, 5) is 29.6. The third kappa shape index (κ3) is 3.61. The molecule has 24 heavy (non-hydrogen) atoms. The van der Waals surface area contributed by atoms with Crippen LogP contribution in [0.4, 0.5) is 5.95 Å². The van der Waals surface area contributed by atoms with Crippen LogP contribution < -0.4 is 5.32 Å². The molecule has 0 aliphatic carbocycles. The molecule has 0 bridgehead atoms. The Bertz CT molecular complexity index is 760. The summed E-state index contributed by atoms with van der Waals surface area (Å²) in [6.07, 6.45) is 1.42. The summed E-state index contributed by atoms with van der Waals surface area (Å²) < 4.78 is 3.15. The van der Waals surface area contributed by atoms with E-state index in [9.17, 15) is 9.59 Å². The van der Waals surface area contributed by atoms with E-state index in [0.29, 0.717) is 0 Å². The largest absolute Gasteiger partial charge is 0.347 e. The van der Waals surface area contributed by atoms with Crippen LogP contribution in [-0.4, -0.2) is 55.4 Å². The van der Waals surface area contributed by atoms with Gasteiger partial charge < -0.3 is 4.90 Å². The van der Waals surface area contributed by atoms with Crippen molar-refractivity contribution >= 4 is 17.8 Å². The summed E-state index contributed by atoms with van der Waals surface area (Å²) in [6, 6.07) is 0. The maximum Gasteiger partial charge on any atom is 0.248 e. The Kier molecular flexibility index (Phi) is 5.01. The first-order valence-corrected chi connectivity index (χ1v) is 7.61. The van der Waals surface area contributed by atoms with Crippen LogP contribution in [0.25, 0.3) is 0 Å². The number of carbonyl (C=O) groups excluding carboxylic acids is 2. The van der Waals surface area contributed by atoms with Crippen LogP contribution in [-0.2, 0) is 23.2 Å². The average Bonchev–Trinajstić information content (AvgIpc) is 3.03. The van der Waals surface area contributed by atoms with Crippen LogP contribution in [0.3, 0.4) is 0 Å². The minimum Gasteiger partial charge on any atom is -0.347 e. The Morgan fingerprint density at radius 3 is 2.50 bits per heavy atom. The topological polar surface area (TPSA) is 97.9 Å². The van der Waals surface area contributed by atoms with Crippen LogP contribution in [0.2, 0.25) is 0 Å². The zero-order valence-electron chi connectivity index (χ0n) is 14.9. The maximum absolute atomic E-state index is 12.5. The number of hydrogen-bond acceptors (Lipinski definition) is 5. The van der Waals surface area contributed by atoms with Gasteiger partial charge in [-0.3, -0.25) is 19.6 Å². The minimum absolute atomic E-state index is 0.0756. The Balaban J connectivity index is 2.07. The van der Waals surface area contributed by atoms with Gasteiger partial charge in [0.15, 0.2) is 0 Å². The number of hydrogen-bond donors (Lipinski definition) is 1. The van der Waals surface area contributed by atoms with Crippen molar-refractivity contribution in [1.82, 2.24) is 29.4 Å². The van der Waals surface area contributed by atoms with E-state index in [2.05, 4.69) is 20.5 Å². The average molecular weight is 333 g/mol. The summed E-state index contributed by atoms with van der Waals surface area (Å²) in [6.45, 7) is 5.70. The summed E-state index contributed by atoms with van der Waals surface area (Å²) in [5.41, 5.74) is 2.68. The minimum atomic E-state index is -0.381. The van der Waals surface area contributed by atoms with E-state index in [1.54, 1.807) is 18.8 Å². The molecule has 2 aromatic heterocycles. The molecule has 9 heteroatoms. The highest BCUT2D eigenvalue weighted by Gasteiger charge is 2.23. The molecule has 0 aromatic carbocycles. The normalized spacial score (nSPS) is 12.1. The van der Waals surface area contributed by atoms with Crippen LogP contribution in [0.5, 0.6) is 0 Å². The van der Waals surface area contributed by atoms with E-state index in [4.69, 9.17) is 0 Å². The number of aromatic nitrogens is 5. The van der Waals surface area contributed by atoms with Crippen molar-refractivity contribution in [2.75, 3.05) is 19.4 Å². The van der Waals surface area contributed by atoms with Gasteiger partial charge in [0.25, 0.3) is 0 Å². The van der Waals surface area contributed by atoms with Crippen LogP contribution >= 0.6 is 0 Å². The summed E-state index contributed by atoms with van der Waals surface area (Å²) in [5.74, 6) is -0.523. The van der Waals surface area contributed by atoms with Crippen LogP contribution in [0.1, 0.15) is 29.8 Å². The van der Waals surface area contributed by atoms with Gasteiger partial charge >= 0.3 is 0 Å². The second-order valence-corrected chi connectivity index (χ2v) is 5.97. The summed E-state index contributed by atoms with van der Waals surface area (Å²) >= 11 is 0. The zero-order valence-corrected chi connectivity index (χ0v) is 14.9. The SMILES string of the molecule is Cc1nn(C)c(C)c1C(C)C(=O)Nc1ncn(CC(=O)N(C)C)n1. The predicted molar refractivity (Wildman–Crippen MR) is 88.4 cm³/mol. The van der Waals surface area contributed by atoms with Gasteiger partial charge in [0, 0.05) is 32.4 Å². The summed E-state index contributed by atoms with van der Waals surface area (Å²) in [7, 11) is 5.19. The summed E-state index contributed by atoms with van der Waals surface area (Å²) in [5, 5.41) is 11.1. The molecule has 1 N–H and O–H groups in total. The number of nitrogens with one attached hydrogen (secondary N) is 1. The highest BCUT2D eigenvalue weighted by atomic mass is 16.2. The van der Waals surface area contributed by atoms with Gasteiger partial charge in [-0.1, -0.05) is 0 Å². The number of nitrogens with zero attached hydrogens (tertiary/aromatic N) is 6. The lowest BCUT2D eigenvalue weighted by Crippen LogP contribution is -2.26. The monoisotopic (exact) mass is 333 g/mol. The first-order valence-electron chi connectivity index (χ1n) is 7.61. The molecule has 0 radical (unpaired) electrons. The first-order chi connectivity index (χ1) is 11.2. The van der Waals surface area contributed by atoms with Gasteiger partial charge in [-0.15, -0.1) is 5.10 Å². The van der Waals surface area contributed by atoms with Crippen molar-refractivity contribution in [3.8, 4) is 0 Å². The fourth-order valence-corrected chi connectivity index (χ4v) is 2.47. The van der Waals surface area contributed by atoms with E-state index < -0.39 is 0 Å². The smallest absolute Gasteiger partial charge is 0.248 e. The lowest BCUT2D eigenvalue weighted by atomic mass is 9.98. The van der Waals surface area contributed by atoms with Gasteiger partial charge in [-0.05, 0) is 20.8 Å². The molecule has 0 fully saturated rings. The van der Waals surface area contributed by atoms with Crippen LogP contribution in [0, 0.1) is 13.8 Å². The van der Waals surface area contributed by atoms with Gasteiger partial charge in [0.1, 0.15) is 12.9 Å². The van der Waals surface area contributed by atoms with E-state index in [0.717, 1.165) is 17.0 Å². The molecule has 2 heterocycles. The van der Waals surface area contributed by atoms with Crippen molar-refractivity contribution in [3.63, 3.8) is 0 Å².